The molecule has 2 fully saturated rings. The maximum absolute atomic E-state index is 12.4. The molecular weight excluding hydrogens is 544 g/mol. The first-order valence-electron chi connectivity index (χ1n) is 15.2. The summed E-state index contributed by atoms with van der Waals surface area (Å²) in [5.41, 5.74) is 4.79. The normalized spacial score (nSPS) is 16.7. The van der Waals surface area contributed by atoms with Gasteiger partial charge < -0.3 is 19.7 Å². The number of piperidine rings is 1. The SMILES string of the molecule is CC.CN(C)C.CN=C(NC1(C=O)CCN(SCCc2ccc(C=O)cc2C)CC1)c1c(OC)cccc1C1CCC1. The van der Waals surface area contributed by atoms with Crippen LogP contribution in [-0.2, 0) is 11.2 Å². The van der Waals surface area contributed by atoms with E-state index >= 15 is 0 Å². The van der Waals surface area contributed by atoms with Crippen molar-refractivity contribution in [1.82, 2.24) is 14.5 Å². The number of nitrogens with zero attached hydrogens (tertiary/aromatic N) is 3. The van der Waals surface area contributed by atoms with Gasteiger partial charge in [0.2, 0.25) is 0 Å². The number of amidine groups is 1. The number of aldehydes is 2. The Balaban J connectivity index is 0.000000947. The van der Waals surface area contributed by atoms with Gasteiger partial charge in [-0.25, -0.2) is 0 Å². The highest BCUT2D eigenvalue weighted by Crippen LogP contribution is 2.40. The average Bonchev–Trinajstić information content (AvgIpc) is 2.97. The number of methoxy groups -OCH3 is 1. The van der Waals surface area contributed by atoms with E-state index in [1.165, 1.54) is 30.4 Å². The highest BCUT2D eigenvalue weighted by Gasteiger charge is 2.37. The summed E-state index contributed by atoms with van der Waals surface area (Å²) >= 11 is 1.84. The molecule has 0 amide bonds. The predicted octanol–water partition coefficient (Wildman–Crippen LogP) is 6.18. The van der Waals surface area contributed by atoms with Crippen molar-refractivity contribution in [2.24, 2.45) is 4.99 Å². The fourth-order valence-electron chi connectivity index (χ4n) is 5.14. The molecule has 0 atom stereocenters. The second-order valence-electron chi connectivity index (χ2n) is 11.2. The van der Waals surface area contributed by atoms with E-state index in [0.29, 0.717) is 5.92 Å². The van der Waals surface area contributed by atoms with Gasteiger partial charge in [-0.05, 0) is 94.9 Å². The van der Waals surface area contributed by atoms with Crippen molar-refractivity contribution in [3.63, 3.8) is 0 Å². The van der Waals surface area contributed by atoms with Crippen LogP contribution >= 0.6 is 11.9 Å². The molecule has 8 heteroatoms. The van der Waals surface area contributed by atoms with Crippen LogP contribution in [0.25, 0.3) is 0 Å². The van der Waals surface area contributed by atoms with Gasteiger partial charge in [0.1, 0.15) is 24.2 Å². The second kappa shape index (κ2) is 18.1. The van der Waals surface area contributed by atoms with E-state index in [2.05, 4.69) is 33.7 Å². The molecule has 2 aromatic carbocycles. The van der Waals surface area contributed by atoms with E-state index in [1.807, 2.05) is 76.1 Å². The fourth-order valence-corrected chi connectivity index (χ4v) is 6.15. The Labute approximate surface area is 258 Å². The van der Waals surface area contributed by atoms with Gasteiger partial charge in [0.05, 0.1) is 18.2 Å². The summed E-state index contributed by atoms with van der Waals surface area (Å²) in [7, 11) is 9.48. The number of aliphatic imine (C=N–C) groups is 1. The summed E-state index contributed by atoms with van der Waals surface area (Å²) < 4.78 is 8.09. The van der Waals surface area contributed by atoms with Crippen molar-refractivity contribution < 1.29 is 14.3 Å². The summed E-state index contributed by atoms with van der Waals surface area (Å²) in [5, 5.41) is 3.56. The standard InChI is InChI=1S/C29H37N3O3S.C3H9N.C2H6/c1-21-18-22(19-33)10-11-23(21)12-17-36-32-15-13-29(20-34,14-16-32)31-28(30-2)27-25(24-6-4-7-24)8-5-9-26(27)35-3;1-4(2)3;1-2/h5,8-11,18-20,24H,4,6-7,12-17H2,1-3H3,(H,30,31);1-3H3;1-2H3. The molecule has 0 aromatic heterocycles. The maximum Gasteiger partial charge on any atom is 0.150 e. The molecule has 0 radical (unpaired) electrons. The van der Waals surface area contributed by atoms with E-state index in [9.17, 15) is 9.59 Å². The van der Waals surface area contributed by atoms with Gasteiger partial charge in [-0.3, -0.25) is 14.1 Å². The Morgan fingerprint density at radius 2 is 1.81 bits per heavy atom. The average molecular weight is 597 g/mol. The largest absolute Gasteiger partial charge is 0.496 e. The number of carbonyl (C=O) groups is 2. The van der Waals surface area contributed by atoms with Crippen molar-refractivity contribution in [2.45, 2.75) is 70.8 Å². The Hall–Kier alpha value is -2.68. The van der Waals surface area contributed by atoms with Crippen LogP contribution in [-0.4, -0.2) is 87.3 Å². The third-order valence-corrected chi connectivity index (χ3v) is 8.76. The zero-order valence-corrected chi connectivity index (χ0v) is 27.9. The maximum atomic E-state index is 12.4. The monoisotopic (exact) mass is 596 g/mol. The molecule has 1 aliphatic carbocycles. The number of aryl methyl sites for hydroxylation is 2. The van der Waals surface area contributed by atoms with Gasteiger partial charge in [0.15, 0.2) is 0 Å². The smallest absolute Gasteiger partial charge is 0.150 e. The summed E-state index contributed by atoms with van der Waals surface area (Å²) in [5.74, 6) is 3.04. The van der Waals surface area contributed by atoms with Crippen LogP contribution in [0.5, 0.6) is 5.75 Å². The number of ether oxygens (including phenoxy) is 1. The van der Waals surface area contributed by atoms with Crippen molar-refractivity contribution in [2.75, 3.05) is 54.1 Å². The molecule has 0 unspecified atom stereocenters. The first-order chi connectivity index (χ1) is 20.3. The second-order valence-corrected chi connectivity index (χ2v) is 12.4. The summed E-state index contributed by atoms with van der Waals surface area (Å²) in [6.45, 7) is 7.72. The molecule has 1 saturated carbocycles. The molecule has 7 nitrogen and oxygen atoms in total. The van der Waals surface area contributed by atoms with Crippen LogP contribution in [0.4, 0.5) is 0 Å². The predicted molar refractivity (Wildman–Crippen MR) is 178 cm³/mol. The van der Waals surface area contributed by atoms with Gasteiger partial charge >= 0.3 is 0 Å². The van der Waals surface area contributed by atoms with Crippen molar-refractivity contribution in [3.8, 4) is 5.75 Å². The number of hydrogen-bond donors (Lipinski definition) is 1. The van der Waals surface area contributed by atoms with E-state index in [-0.39, 0.29) is 0 Å². The zero-order chi connectivity index (χ0) is 31.1. The summed E-state index contributed by atoms with van der Waals surface area (Å²) in [6, 6.07) is 12.1. The van der Waals surface area contributed by atoms with Gasteiger partial charge in [-0.1, -0.05) is 56.5 Å². The molecule has 0 bridgehead atoms. The van der Waals surface area contributed by atoms with Crippen LogP contribution in [0.3, 0.4) is 0 Å². The molecule has 1 aliphatic heterocycles. The molecule has 2 aliphatic rings. The topological polar surface area (TPSA) is 74.2 Å². The number of benzene rings is 2. The number of carbonyl (C=O) groups excluding carboxylic acids is 2. The number of rotatable bonds is 10. The highest BCUT2D eigenvalue weighted by molar-refractivity contribution is 7.97. The van der Waals surface area contributed by atoms with Crippen LogP contribution < -0.4 is 10.1 Å². The Kier molecular flexibility index (Phi) is 15.3. The number of nitrogens with one attached hydrogen (secondary N) is 1. The molecule has 2 aromatic rings. The molecule has 1 N–H and O–H groups in total. The lowest BCUT2D eigenvalue weighted by molar-refractivity contribution is -0.114. The van der Waals surface area contributed by atoms with Crippen molar-refractivity contribution in [3.05, 3.63) is 64.2 Å². The Bertz CT molecular complexity index is 1150. The molecule has 232 valence electrons. The van der Waals surface area contributed by atoms with E-state index in [0.717, 1.165) is 79.0 Å². The van der Waals surface area contributed by atoms with Crippen LogP contribution in [0, 0.1) is 6.92 Å². The van der Waals surface area contributed by atoms with Gasteiger partial charge in [0, 0.05) is 31.5 Å². The lowest BCUT2D eigenvalue weighted by Crippen LogP contribution is -2.56. The van der Waals surface area contributed by atoms with E-state index in [4.69, 9.17) is 4.74 Å². The third kappa shape index (κ3) is 9.96. The van der Waals surface area contributed by atoms with Crippen molar-refractivity contribution >= 4 is 30.4 Å². The molecule has 1 heterocycles. The molecular formula is C34H52N4O3S. The summed E-state index contributed by atoms with van der Waals surface area (Å²) in [6.07, 6.45) is 8.00. The van der Waals surface area contributed by atoms with E-state index in [1.54, 1.807) is 14.2 Å². The first kappa shape index (κ1) is 35.5. The summed E-state index contributed by atoms with van der Waals surface area (Å²) in [4.78, 5) is 30.0. The number of hydrogen-bond acceptors (Lipinski definition) is 7. The quantitative estimate of drug-likeness (QED) is 0.152. The van der Waals surface area contributed by atoms with E-state index < -0.39 is 5.54 Å². The van der Waals surface area contributed by atoms with Crippen LogP contribution in [0.2, 0.25) is 0 Å². The molecule has 4 rings (SSSR count). The van der Waals surface area contributed by atoms with Gasteiger partial charge in [0.25, 0.3) is 0 Å². The Morgan fingerprint density at radius 3 is 2.31 bits per heavy atom. The minimum Gasteiger partial charge on any atom is -0.496 e. The Morgan fingerprint density at radius 1 is 1.14 bits per heavy atom. The minimum absolute atomic E-state index is 0.525. The van der Waals surface area contributed by atoms with Crippen LogP contribution in [0.1, 0.15) is 84.5 Å². The first-order valence-corrected chi connectivity index (χ1v) is 16.1. The lowest BCUT2D eigenvalue weighted by Gasteiger charge is -2.39. The minimum atomic E-state index is -0.634. The third-order valence-electron chi connectivity index (χ3n) is 7.64. The highest BCUT2D eigenvalue weighted by atomic mass is 32.2. The lowest BCUT2D eigenvalue weighted by atomic mass is 9.77. The van der Waals surface area contributed by atoms with Crippen molar-refractivity contribution in [1.29, 1.82) is 0 Å². The fraction of sp³-hybridized carbons (Fsp3) is 0.559. The zero-order valence-electron chi connectivity index (χ0n) is 27.0. The van der Waals surface area contributed by atoms with Gasteiger partial charge in [-0.15, -0.1) is 0 Å². The molecule has 0 spiro atoms. The molecule has 1 saturated heterocycles. The van der Waals surface area contributed by atoms with Gasteiger partial charge in [-0.2, -0.15) is 0 Å². The molecule has 42 heavy (non-hydrogen) atoms. The van der Waals surface area contributed by atoms with Crippen LogP contribution in [0.15, 0.2) is 41.4 Å².